The minimum absolute atomic E-state index is 0.888. The minimum Gasteiger partial charge on any atom is -0.455 e. The van der Waals surface area contributed by atoms with Gasteiger partial charge in [-0.15, -0.1) is 0 Å². The number of benzene rings is 7. The maximum absolute atomic E-state index is 6.80. The largest absolute Gasteiger partial charge is 0.455 e. The molecule has 1 aromatic heterocycles. The molecular formula is C40H27NO. The van der Waals surface area contributed by atoms with Gasteiger partial charge in [0.1, 0.15) is 11.2 Å². The zero-order chi connectivity index (χ0) is 27.9. The molecule has 0 radical (unpaired) electrons. The van der Waals surface area contributed by atoms with Gasteiger partial charge in [0, 0.05) is 22.3 Å². The van der Waals surface area contributed by atoms with Crippen molar-refractivity contribution in [1.29, 1.82) is 0 Å². The van der Waals surface area contributed by atoms with E-state index in [0.717, 1.165) is 50.1 Å². The van der Waals surface area contributed by atoms with Crippen molar-refractivity contribution in [2.24, 2.45) is 0 Å². The lowest BCUT2D eigenvalue weighted by molar-refractivity contribution is 0.670. The number of rotatable bonds is 5. The molecule has 0 aliphatic rings. The van der Waals surface area contributed by atoms with E-state index < -0.39 is 0 Å². The Bertz CT molecular complexity index is 2120. The van der Waals surface area contributed by atoms with E-state index in [1.165, 1.54) is 21.9 Å². The normalized spacial score (nSPS) is 11.3. The van der Waals surface area contributed by atoms with E-state index in [-0.39, 0.29) is 0 Å². The highest BCUT2D eigenvalue weighted by Crippen LogP contribution is 2.47. The minimum atomic E-state index is 0.888. The summed E-state index contributed by atoms with van der Waals surface area (Å²) < 4.78 is 6.80. The number of hydrogen-bond donors (Lipinski definition) is 0. The quantitative estimate of drug-likeness (QED) is 0.217. The van der Waals surface area contributed by atoms with Crippen LogP contribution < -0.4 is 4.90 Å². The predicted molar refractivity (Wildman–Crippen MR) is 177 cm³/mol. The van der Waals surface area contributed by atoms with Gasteiger partial charge in [-0.3, -0.25) is 0 Å². The molecule has 0 aliphatic carbocycles. The highest BCUT2D eigenvalue weighted by molar-refractivity contribution is 6.25. The summed E-state index contributed by atoms with van der Waals surface area (Å²) >= 11 is 0. The van der Waals surface area contributed by atoms with Gasteiger partial charge in [-0.25, -0.2) is 0 Å². The van der Waals surface area contributed by atoms with Crippen LogP contribution in [0.2, 0.25) is 0 Å². The number of hydrogen-bond acceptors (Lipinski definition) is 2. The Morgan fingerprint density at radius 2 is 0.976 bits per heavy atom. The van der Waals surface area contributed by atoms with E-state index >= 15 is 0 Å². The lowest BCUT2D eigenvalue weighted by Crippen LogP contribution is -2.10. The van der Waals surface area contributed by atoms with Crippen molar-refractivity contribution in [2.45, 2.75) is 0 Å². The molecule has 0 saturated heterocycles. The van der Waals surface area contributed by atoms with Gasteiger partial charge in [-0.2, -0.15) is 0 Å². The second-order valence-electron chi connectivity index (χ2n) is 10.5. The summed E-state index contributed by atoms with van der Waals surface area (Å²) in [5, 5.41) is 4.63. The lowest BCUT2D eigenvalue weighted by atomic mass is 9.96. The first-order chi connectivity index (χ1) is 20.8. The number of fused-ring (bicyclic) bond motifs is 5. The molecule has 0 aliphatic heterocycles. The van der Waals surface area contributed by atoms with Crippen LogP contribution in [0.3, 0.4) is 0 Å². The monoisotopic (exact) mass is 537 g/mol. The molecule has 8 aromatic rings. The SMILES string of the molecule is c1ccc(-c2ccc(-c3ccc(N(c4ccccc4)c4ccccc4)c4c3oc3ccc5ccccc5c34)cc2)cc1. The second-order valence-corrected chi connectivity index (χ2v) is 10.5. The second kappa shape index (κ2) is 10.1. The predicted octanol–water partition coefficient (Wildman–Crippen LogP) is 11.5. The molecule has 7 aromatic carbocycles. The van der Waals surface area contributed by atoms with Crippen LogP contribution in [-0.4, -0.2) is 0 Å². The average molecular weight is 538 g/mol. The summed E-state index contributed by atoms with van der Waals surface area (Å²) in [6.07, 6.45) is 0. The third-order valence-corrected chi connectivity index (χ3v) is 8.06. The molecule has 1 heterocycles. The fraction of sp³-hybridized carbons (Fsp3) is 0. The summed E-state index contributed by atoms with van der Waals surface area (Å²) in [5.41, 5.74) is 9.67. The molecule has 8 rings (SSSR count). The van der Waals surface area contributed by atoms with Crippen LogP contribution in [0.25, 0.3) is 55.0 Å². The number of furan rings is 1. The van der Waals surface area contributed by atoms with Crippen LogP contribution in [0.15, 0.2) is 168 Å². The Kier molecular flexibility index (Phi) is 5.82. The standard InChI is InChI=1S/C40H27NO/c1-4-12-28(13-5-1)29-20-22-31(23-21-29)35-25-26-36(41(32-15-6-2-7-16-32)33-17-8-3-9-18-33)39-38-34-19-11-10-14-30(34)24-27-37(38)42-40(35)39/h1-27H. The molecule has 0 spiro atoms. The van der Waals surface area contributed by atoms with Crippen LogP contribution >= 0.6 is 0 Å². The van der Waals surface area contributed by atoms with Crippen LogP contribution in [0.4, 0.5) is 17.1 Å². The number of nitrogens with zero attached hydrogens (tertiary/aromatic N) is 1. The van der Waals surface area contributed by atoms with Gasteiger partial charge in [0.25, 0.3) is 0 Å². The highest BCUT2D eigenvalue weighted by atomic mass is 16.3. The summed E-state index contributed by atoms with van der Waals surface area (Å²) in [7, 11) is 0. The van der Waals surface area contributed by atoms with Gasteiger partial charge in [0.15, 0.2) is 0 Å². The van der Waals surface area contributed by atoms with E-state index in [1.807, 2.05) is 0 Å². The maximum atomic E-state index is 6.80. The molecule has 0 N–H and O–H groups in total. The molecule has 42 heavy (non-hydrogen) atoms. The molecule has 2 heteroatoms. The molecule has 0 bridgehead atoms. The molecule has 0 saturated carbocycles. The van der Waals surface area contributed by atoms with Crippen molar-refractivity contribution in [3.05, 3.63) is 164 Å². The van der Waals surface area contributed by atoms with E-state index in [9.17, 15) is 0 Å². The van der Waals surface area contributed by atoms with E-state index in [1.54, 1.807) is 0 Å². The van der Waals surface area contributed by atoms with Gasteiger partial charge < -0.3 is 9.32 Å². The first-order valence-electron chi connectivity index (χ1n) is 14.3. The first-order valence-corrected chi connectivity index (χ1v) is 14.3. The van der Waals surface area contributed by atoms with Crippen molar-refractivity contribution in [1.82, 2.24) is 0 Å². The Morgan fingerprint density at radius 1 is 0.405 bits per heavy atom. The first kappa shape index (κ1) is 24.2. The van der Waals surface area contributed by atoms with Gasteiger partial charge in [-0.1, -0.05) is 121 Å². The van der Waals surface area contributed by atoms with E-state index in [2.05, 4.69) is 169 Å². The van der Waals surface area contributed by atoms with Crippen LogP contribution in [-0.2, 0) is 0 Å². The maximum Gasteiger partial charge on any atom is 0.145 e. The van der Waals surface area contributed by atoms with Crippen LogP contribution in [0, 0.1) is 0 Å². The zero-order valence-electron chi connectivity index (χ0n) is 22.9. The van der Waals surface area contributed by atoms with Crippen molar-refractivity contribution in [2.75, 3.05) is 4.90 Å². The molecule has 0 unspecified atom stereocenters. The average Bonchev–Trinajstić information content (AvgIpc) is 3.47. The smallest absolute Gasteiger partial charge is 0.145 e. The summed E-state index contributed by atoms with van der Waals surface area (Å²) in [6, 6.07) is 57.7. The molecule has 0 amide bonds. The van der Waals surface area contributed by atoms with Crippen molar-refractivity contribution in [3.8, 4) is 22.3 Å². The van der Waals surface area contributed by atoms with Crippen molar-refractivity contribution >= 4 is 49.8 Å². The summed E-state index contributed by atoms with van der Waals surface area (Å²) in [4.78, 5) is 2.33. The Hall–Kier alpha value is -5.60. The third kappa shape index (κ3) is 4.05. The van der Waals surface area contributed by atoms with Gasteiger partial charge in [0.05, 0.1) is 11.1 Å². The fourth-order valence-corrected chi connectivity index (χ4v) is 6.09. The van der Waals surface area contributed by atoms with E-state index in [4.69, 9.17) is 4.42 Å². The lowest BCUT2D eigenvalue weighted by Gasteiger charge is -2.26. The summed E-state index contributed by atoms with van der Waals surface area (Å²) in [5.74, 6) is 0. The van der Waals surface area contributed by atoms with Gasteiger partial charge >= 0.3 is 0 Å². The Balaban J connectivity index is 1.43. The molecule has 0 atom stereocenters. The van der Waals surface area contributed by atoms with Crippen molar-refractivity contribution in [3.63, 3.8) is 0 Å². The molecule has 2 nitrogen and oxygen atoms in total. The van der Waals surface area contributed by atoms with Gasteiger partial charge in [-0.05, 0) is 69.9 Å². The Morgan fingerprint density at radius 3 is 1.67 bits per heavy atom. The molecule has 0 fully saturated rings. The Labute approximate surface area is 244 Å². The van der Waals surface area contributed by atoms with Crippen molar-refractivity contribution < 1.29 is 4.42 Å². The van der Waals surface area contributed by atoms with Crippen LogP contribution in [0.5, 0.6) is 0 Å². The van der Waals surface area contributed by atoms with Crippen LogP contribution in [0.1, 0.15) is 0 Å². The highest BCUT2D eigenvalue weighted by Gasteiger charge is 2.23. The topological polar surface area (TPSA) is 16.4 Å². The third-order valence-electron chi connectivity index (χ3n) is 8.06. The number of anilines is 3. The van der Waals surface area contributed by atoms with Gasteiger partial charge in [0.2, 0.25) is 0 Å². The van der Waals surface area contributed by atoms with E-state index in [0.29, 0.717) is 0 Å². The fourth-order valence-electron chi connectivity index (χ4n) is 6.09. The summed E-state index contributed by atoms with van der Waals surface area (Å²) in [6.45, 7) is 0. The molecule has 198 valence electrons. The number of para-hydroxylation sites is 2. The zero-order valence-corrected chi connectivity index (χ0v) is 22.9. The molecular weight excluding hydrogens is 510 g/mol.